The van der Waals surface area contributed by atoms with E-state index >= 15 is 0 Å². The third-order valence-electron chi connectivity index (χ3n) is 4.90. The molecule has 0 aromatic carbocycles. The molecule has 0 bridgehead atoms. The first-order valence-electron chi connectivity index (χ1n) is 8.00. The van der Waals surface area contributed by atoms with Gasteiger partial charge in [-0.3, -0.25) is 4.68 Å². The molecular weight excluding hydrogens is 248 g/mol. The molecule has 0 saturated heterocycles. The van der Waals surface area contributed by atoms with Crippen LogP contribution in [-0.4, -0.2) is 22.9 Å². The van der Waals surface area contributed by atoms with Gasteiger partial charge in [-0.1, -0.05) is 27.2 Å². The minimum atomic E-state index is 0.374. The molecule has 114 valence electrons. The van der Waals surface area contributed by atoms with Crippen molar-refractivity contribution >= 4 is 11.5 Å². The average Bonchev–Trinajstić information content (AvgIpc) is 2.73. The van der Waals surface area contributed by atoms with Crippen LogP contribution in [0.3, 0.4) is 0 Å². The quantitative estimate of drug-likeness (QED) is 0.916. The van der Waals surface area contributed by atoms with Gasteiger partial charge in [0.15, 0.2) is 0 Å². The van der Waals surface area contributed by atoms with Gasteiger partial charge in [-0.05, 0) is 37.5 Å². The highest BCUT2D eigenvalue weighted by atomic mass is 15.4. The van der Waals surface area contributed by atoms with Crippen LogP contribution in [0.15, 0.2) is 0 Å². The summed E-state index contributed by atoms with van der Waals surface area (Å²) in [5, 5.41) is 4.61. The SMILES string of the molecule is CCC1CCC(N(C)c2c(N)c(C(C)C)nn2C)CC1. The number of aromatic nitrogens is 2. The van der Waals surface area contributed by atoms with Crippen molar-refractivity contribution in [2.24, 2.45) is 13.0 Å². The smallest absolute Gasteiger partial charge is 0.150 e. The molecule has 20 heavy (non-hydrogen) atoms. The van der Waals surface area contributed by atoms with Crippen molar-refractivity contribution < 1.29 is 0 Å². The minimum Gasteiger partial charge on any atom is -0.394 e. The molecule has 1 aromatic rings. The molecule has 4 heteroatoms. The fourth-order valence-electron chi connectivity index (χ4n) is 3.51. The molecule has 0 amide bonds. The number of hydrogen-bond acceptors (Lipinski definition) is 3. The van der Waals surface area contributed by atoms with E-state index in [9.17, 15) is 0 Å². The first-order valence-corrected chi connectivity index (χ1v) is 8.00. The molecule has 0 unspecified atom stereocenters. The lowest BCUT2D eigenvalue weighted by Gasteiger charge is -2.35. The van der Waals surface area contributed by atoms with Gasteiger partial charge < -0.3 is 10.6 Å². The van der Waals surface area contributed by atoms with Crippen molar-refractivity contribution in [1.29, 1.82) is 0 Å². The summed E-state index contributed by atoms with van der Waals surface area (Å²) in [6.45, 7) is 6.60. The van der Waals surface area contributed by atoms with Crippen molar-refractivity contribution in [1.82, 2.24) is 9.78 Å². The Morgan fingerprint density at radius 1 is 1.30 bits per heavy atom. The first-order chi connectivity index (χ1) is 9.45. The Morgan fingerprint density at radius 3 is 2.35 bits per heavy atom. The Kier molecular flexibility index (Phi) is 4.61. The lowest BCUT2D eigenvalue weighted by atomic mass is 9.84. The summed E-state index contributed by atoms with van der Waals surface area (Å²) in [4.78, 5) is 2.36. The van der Waals surface area contributed by atoms with E-state index in [0.717, 1.165) is 23.1 Å². The van der Waals surface area contributed by atoms with E-state index in [2.05, 4.69) is 37.8 Å². The standard InChI is InChI=1S/C16H30N4/c1-6-12-7-9-13(10-8-12)19(4)16-14(17)15(11(2)3)18-20(16)5/h11-13H,6-10,17H2,1-5H3. The molecule has 1 saturated carbocycles. The van der Waals surface area contributed by atoms with Crippen LogP contribution in [0.4, 0.5) is 11.5 Å². The second-order valence-electron chi connectivity index (χ2n) is 6.59. The Morgan fingerprint density at radius 2 is 1.90 bits per heavy atom. The van der Waals surface area contributed by atoms with Gasteiger partial charge in [-0.15, -0.1) is 0 Å². The van der Waals surface area contributed by atoms with E-state index in [0.29, 0.717) is 12.0 Å². The summed E-state index contributed by atoms with van der Waals surface area (Å²) in [7, 11) is 4.18. The van der Waals surface area contributed by atoms with Crippen LogP contribution in [0.2, 0.25) is 0 Å². The number of aryl methyl sites for hydroxylation is 1. The molecule has 1 aliphatic carbocycles. The van der Waals surface area contributed by atoms with Gasteiger partial charge >= 0.3 is 0 Å². The maximum atomic E-state index is 6.34. The predicted octanol–water partition coefficient (Wildman–Crippen LogP) is 3.53. The number of rotatable bonds is 4. The highest BCUT2D eigenvalue weighted by molar-refractivity contribution is 5.67. The van der Waals surface area contributed by atoms with Gasteiger partial charge in [-0.25, -0.2) is 0 Å². The molecule has 2 N–H and O–H groups in total. The zero-order chi connectivity index (χ0) is 14.9. The highest BCUT2D eigenvalue weighted by Gasteiger charge is 2.27. The van der Waals surface area contributed by atoms with Gasteiger partial charge in [0.1, 0.15) is 5.82 Å². The molecule has 4 nitrogen and oxygen atoms in total. The van der Waals surface area contributed by atoms with Crippen molar-refractivity contribution in [3.63, 3.8) is 0 Å². The lowest BCUT2D eigenvalue weighted by Crippen LogP contribution is -2.36. The number of hydrogen-bond donors (Lipinski definition) is 1. The Balaban J connectivity index is 2.15. The second kappa shape index (κ2) is 6.06. The zero-order valence-corrected chi connectivity index (χ0v) is 13.7. The molecule has 0 radical (unpaired) electrons. The number of nitrogens with two attached hydrogens (primary N) is 1. The van der Waals surface area contributed by atoms with E-state index in [4.69, 9.17) is 5.73 Å². The Hall–Kier alpha value is -1.19. The third kappa shape index (κ3) is 2.79. The largest absolute Gasteiger partial charge is 0.394 e. The summed E-state index contributed by atoms with van der Waals surface area (Å²) in [6, 6.07) is 0.607. The molecule has 1 heterocycles. The fraction of sp³-hybridized carbons (Fsp3) is 0.812. The molecule has 1 aromatic heterocycles. The molecule has 0 spiro atoms. The van der Waals surface area contributed by atoms with Gasteiger partial charge in [0.2, 0.25) is 0 Å². The van der Waals surface area contributed by atoms with Crippen LogP contribution in [0, 0.1) is 5.92 Å². The van der Waals surface area contributed by atoms with Crippen molar-refractivity contribution in [3.05, 3.63) is 5.69 Å². The van der Waals surface area contributed by atoms with Gasteiger partial charge in [0.05, 0.1) is 11.4 Å². The molecule has 0 aliphatic heterocycles. The summed E-state index contributed by atoms with van der Waals surface area (Å²) in [5.74, 6) is 2.39. The van der Waals surface area contributed by atoms with Crippen LogP contribution < -0.4 is 10.6 Å². The number of nitrogen functional groups attached to an aromatic ring is 1. The topological polar surface area (TPSA) is 47.1 Å². The third-order valence-corrected chi connectivity index (χ3v) is 4.90. The summed E-state index contributed by atoms with van der Waals surface area (Å²) in [5.41, 5.74) is 8.23. The number of anilines is 2. The normalized spacial score (nSPS) is 23.3. The fourth-order valence-corrected chi connectivity index (χ4v) is 3.51. The minimum absolute atomic E-state index is 0.374. The summed E-state index contributed by atoms with van der Waals surface area (Å²) < 4.78 is 1.95. The average molecular weight is 278 g/mol. The maximum Gasteiger partial charge on any atom is 0.150 e. The first kappa shape index (κ1) is 15.2. The van der Waals surface area contributed by atoms with Crippen molar-refractivity contribution in [2.45, 2.75) is 64.8 Å². The van der Waals surface area contributed by atoms with Crippen LogP contribution in [0.1, 0.15) is 64.5 Å². The van der Waals surface area contributed by atoms with Gasteiger partial charge in [-0.2, -0.15) is 5.10 Å². The van der Waals surface area contributed by atoms with Crippen LogP contribution >= 0.6 is 0 Å². The molecule has 1 aliphatic rings. The summed E-state index contributed by atoms with van der Waals surface area (Å²) in [6.07, 6.45) is 6.57. The van der Waals surface area contributed by atoms with Crippen molar-refractivity contribution in [2.75, 3.05) is 17.7 Å². The lowest BCUT2D eigenvalue weighted by molar-refractivity contribution is 0.312. The molecular formula is C16H30N4. The zero-order valence-electron chi connectivity index (χ0n) is 13.7. The second-order valence-corrected chi connectivity index (χ2v) is 6.59. The van der Waals surface area contributed by atoms with Crippen LogP contribution in [-0.2, 0) is 7.05 Å². The van der Waals surface area contributed by atoms with E-state index in [1.807, 2.05) is 11.7 Å². The van der Waals surface area contributed by atoms with Gasteiger partial charge in [0.25, 0.3) is 0 Å². The van der Waals surface area contributed by atoms with E-state index in [1.165, 1.54) is 32.1 Å². The maximum absolute atomic E-state index is 6.34. The van der Waals surface area contributed by atoms with Crippen molar-refractivity contribution in [3.8, 4) is 0 Å². The Labute approximate surface area is 123 Å². The monoisotopic (exact) mass is 278 g/mol. The Bertz CT molecular complexity index is 442. The van der Waals surface area contributed by atoms with E-state index in [1.54, 1.807) is 0 Å². The van der Waals surface area contributed by atoms with Crippen LogP contribution in [0.5, 0.6) is 0 Å². The molecule has 1 fully saturated rings. The summed E-state index contributed by atoms with van der Waals surface area (Å²) >= 11 is 0. The van der Waals surface area contributed by atoms with E-state index < -0.39 is 0 Å². The highest BCUT2D eigenvalue weighted by Crippen LogP contribution is 2.35. The van der Waals surface area contributed by atoms with Gasteiger partial charge in [0, 0.05) is 20.1 Å². The van der Waals surface area contributed by atoms with E-state index in [-0.39, 0.29) is 0 Å². The van der Waals surface area contributed by atoms with Crippen LogP contribution in [0.25, 0.3) is 0 Å². The molecule has 2 rings (SSSR count). The predicted molar refractivity (Wildman–Crippen MR) is 86.1 cm³/mol. The molecule has 0 atom stereocenters. The number of nitrogens with zero attached hydrogens (tertiary/aromatic N) is 3.